The van der Waals surface area contributed by atoms with Gasteiger partial charge < -0.3 is 28.8 Å². The predicted octanol–water partition coefficient (Wildman–Crippen LogP) is 25.0. The Morgan fingerprint density at radius 3 is 0.989 bits per heavy atom. The van der Waals surface area contributed by atoms with Crippen molar-refractivity contribution < 1.29 is 32.9 Å². The molecule has 0 spiro atoms. The Morgan fingerprint density at radius 2 is 0.660 bits per heavy atom. The second kappa shape index (κ2) is 73.4. The van der Waals surface area contributed by atoms with E-state index < -0.39 is 26.6 Å². The highest BCUT2D eigenvalue weighted by Crippen LogP contribution is 2.38. The fourth-order valence-corrected chi connectivity index (χ4v) is 11.5. The average molecular weight is 1320 g/mol. The molecule has 0 aliphatic carbocycles. The summed E-state index contributed by atoms with van der Waals surface area (Å²) in [6.45, 7) is 4.52. The first kappa shape index (κ1) is 90.1. The minimum atomic E-state index is -4.63. The van der Waals surface area contributed by atoms with Gasteiger partial charge in [-0.1, -0.05) is 352 Å². The molecule has 0 fully saturated rings. The molecule has 94 heavy (non-hydrogen) atoms. The zero-order valence-corrected chi connectivity index (χ0v) is 62.5. The number of amides is 1. The number of hydrogen-bond acceptors (Lipinski definition) is 6. The van der Waals surface area contributed by atoms with E-state index in [1.54, 1.807) is 6.08 Å². The number of carbonyl (C=O) groups is 1. The highest BCUT2D eigenvalue weighted by atomic mass is 31.2. The molecule has 0 rings (SSSR count). The lowest BCUT2D eigenvalue weighted by molar-refractivity contribution is -0.870. The molecule has 0 radical (unpaired) electrons. The van der Waals surface area contributed by atoms with E-state index in [2.05, 4.69) is 165 Å². The molecule has 0 saturated heterocycles. The van der Waals surface area contributed by atoms with Crippen molar-refractivity contribution in [3.05, 3.63) is 158 Å². The van der Waals surface area contributed by atoms with Gasteiger partial charge in [0.2, 0.25) is 5.91 Å². The third kappa shape index (κ3) is 75.5. The second-order valence-electron chi connectivity index (χ2n) is 27.0. The minimum absolute atomic E-state index is 0.0169. The van der Waals surface area contributed by atoms with Crippen molar-refractivity contribution in [1.82, 2.24) is 5.32 Å². The molecular formula is C85H147N2O6P. The number of aliphatic hydroxyl groups excluding tert-OH is 1. The molecule has 2 N–H and O–H groups in total. The van der Waals surface area contributed by atoms with Gasteiger partial charge in [-0.3, -0.25) is 9.36 Å². The summed E-state index contributed by atoms with van der Waals surface area (Å²) in [5.74, 6) is -0.219. The van der Waals surface area contributed by atoms with E-state index in [1.165, 1.54) is 180 Å². The molecule has 3 atom stereocenters. The second-order valence-corrected chi connectivity index (χ2v) is 28.4. The molecule has 0 aliphatic heterocycles. The van der Waals surface area contributed by atoms with Crippen LogP contribution in [0, 0.1) is 0 Å². The van der Waals surface area contributed by atoms with Crippen LogP contribution in [0.15, 0.2) is 158 Å². The van der Waals surface area contributed by atoms with Gasteiger partial charge in [-0.25, -0.2) is 0 Å². The van der Waals surface area contributed by atoms with E-state index >= 15 is 0 Å². The average Bonchev–Trinajstić information content (AvgIpc) is 1.77. The highest BCUT2D eigenvalue weighted by Gasteiger charge is 2.23. The summed E-state index contributed by atoms with van der Waals surface area (Å²) < 4.78 is 23.5. The van der Waals surface area contributed by atoms with E-state index in [0.29, 0.717) is 17.4 Å². The van der Waals surface area contributed by atoms with Gasteiger partial charge in [-0.05, 0) is 122 Å². The number of likely N-dealkylation sites (N-methyl/N-ethyl adjacent to an activating group) is 1. The fraction of sp³-hybridized carbons (Fsp3) is 0.682. The summed E-state index contributed by atoms with van der Waals surface area (Å²) in [4.78, 5) is 25.7. The number of unbranched alkanes of at least 4 members (excludes halogenated alkanes) is 33. The van der Waals surface area contributed by atoms with E-state index in [4.69, 9.17) is 9.05 Å². The first-order valence-corrected chi connectivity index (χ1v) is 40.3. The Labute approximate surface area is 581 Å². The molecule has 0 saturated carbocycles. The van der Waals surface area contributed by atoms with Crippen LogP contribution >= 0.6 is 7.82 Å². The summed E-state index contributed by atoms with van der Waals surface area (Å²) in [6.07, 6.45) is 114. The largest absolute Gasteiger partial charge is 0.756 e. The maximum Gasteiger partial charge on any atom is 0.268 e. The maximum atomic E-state index is 13.1. The van der Waals surface area contributed by atoms with Crippen LogP contribution in [0.2, 0.25) is 0 Å². The minimum Gasteiger partial charge on any atom is -0.756 e. The summed E-state index contributed by atoms with van der Waals surface area (Å²) >= 11 is 0. The quantitative estimate of drug-likeness (QED) is 0.0272. The summed E-state index contributed by atoms with van der Waals surface area (Å²) in [7, 11) is 1.22. The van der Waals surface area contributed by atoms with E-state index in [0.717, 1.165) is 122 Å². The van der Waals surface area contributed by atoms with Gasteiger partial charge in [0, 0.05) is 6.42 Å². The van der Waals surface area contributed by atoms with Crippen molar-refractivity contribution >= 4 is 13.7 Å². The van der Waals surface area contributed by atoms with Crippen molar-refractivity contribution in [2.75, 3.05) is 40.9 Å². The highest BCUT2D eigenvalue weighted by molar-refractivity contribution is 7.45. The van der Waals surface area contributed by atoms with Crippen LogP contribution in [-0.4, -0.2) is 68.5 Å². The molecule has 8 nitrogen and oxygen atoms in total. The Hall–Kier alpha value is -3.88. The van der Waals surface area contributed by atoms with Crippen LogP contribution in [-0.2, 0) is 18.4 Å². The molecule has 0 aromatic rings. The monoisotopic (exact) mass is 1320 g/mol. The summed E-state index contributed by atoms with van der Waals surface area (Å²) in [5.41, 5.74) is 0. The van der Waals surface area contributed by atoms with Crippen molar-refractivity contribution in [3.8, 4) is 0 Å². The Kier molecular flexibility index (Phi) is 70.3. The van der Waals surface area contributed by atoms with Gasteiger partial charge in [0.15, 0.2) is 0 Å². The van der Waals surface area contributed by atoms with Crippen LogP contribution < -0.4 is 10.2 Å². The van der Waals surface area contributed by atoms with Crippen LogP contribution in [0.1, 0.15) is 322 Å². The Bertz CT molecular complexity index is 2100. The van der Waals surface area contributed by atoms with Gasteiger partial charge in [0.25, 0.3) is 7.82 Å². The normalized spacial score (nSPS) is 14.4. The third-order valence-corrected chi connectivity index (χ3v) is 17.7. The van der Waals surface area contributed by atoms with Crippen LogP contribution in [0.25, 0.3) is 0 Å². The van der Waals surface area contributed by atoms with Gasteiger partial charge in [0.1, 0.15) is 13.2 Å². The lowest BCUT2D eigenvalue weighted by Gasteiger charge is -2.29. The smallest absolute Gasteiger partial charge is 0.268 e. The first-order chi connectivity index (χ1) is 46.0. The molecule has 0 bridgehead atoms. The van der Waals surface area contributed by atoms with Crippen molar-refractivity contribution in [2.45, 2.75) is 334 Å². The standard InChI is InChI=1S/C85H147N2O6P/c1-6-8-10-12-14-16-18-20-22-24-26-28-30-32-34-36-38-39-40-41-42-43-44-45-46-47-49-51-53-55-57-59-61-63-65-67-69-71-73-75-77-79-85(89)86-83(82-93-94(90,91)92-81-80-87(3,4)5)84(88)78-76-74-72-70-68-66-64-62-60-58-56-54-52-50-48-37-35-33-31-29-27-25-23-21-19-17-15-13-11-9-7-2/h8,10,14,16,20,22,26,28,32,34,38-39,41-42,44-45,47,49,53,55,60,62,68,70,76,78,83-84,88H,6-7,9,11-13,15,17-19,21,23-25,27,29-31,33,35-37,40,43,46,48,50-52,54,56-59,61,63-67,69,71-75,77,79-82H2,1-5H3,(H-,86,89,90,91)/b10-8-,16-14-,22-20-,28-26-,34-32-,39-38-,42-41-,45-44-,49-47-,55-53-,62-60+,70-68+,78-76+. The number of carbonyl (C=O) groups excluding carboxylic acids is 1. The summed E-state index contributed by atoms with van der Waals surface area (Å²) in [5, 5.41) is 14.0. The lowest BCUT2D eigenvalue weighted by Crippen LogP contribution is -2.45. The lowest BCUT2D eigenvalue weighted by atomic mass is 10.0. The van der Waals surface area contributed by atoms with Gasteiger partial charge in [0.05, 0.1) is 39.9 Å². The maximum absolute atomic E-state index is 13.1. The predicted molar refractivity (Wildman–Crippen MR) is 412 cm³/mol. The van der Waals surface area contributed by atoms with Crippen molar-refractivity contribution in [1.29, 1.82) is 0 Å². The molecule has 1 amide bonds. The molecule has 9 heteroatoms. The van der Waals surface area contributed by atoms with Crippen molar-refractivity contribution in [3.63, 3.8) is 0 Å². The molecule has 0 aliphatic rings. The number of nitrogens with zero attached hydrogens (tertiary/aromatic N) is 1. The number of quaternary nitrogens is 1. The van der Waals surface area contributed by atoms with Crippen LogP contribution in [0.4, 0.5) is 0 Å². The third-order valence-electron chi connectivity index (χ3n) is 16.7. The molecule has 0 aromatic heterocycles. The number of phosphoric ester groups is 1. The molecule has 3 unspecified atom stereocenters. The van der Waals surface area contributed by atoms with Crippen molar-refractivity contribution in [2.24, 2.45) is 0 Å². The van der Waals surface area contributed by atoms with Gasteiger partial charge in [-0.15, -0.1) is 0 Å². The van der Waals surface area contributed by atoms with Gasteiger partial charge in [-0.2, -0.15) is 0 Å². The number of rotatable bonds is 70. The van der Waals surface area contributed by atoms with E-state index in [-0.39, 0.29) is 12.5 Å². The molecule has 538 valence electrons. The Morgan fingerprint density at radius 1 is 0.383 bits per heavy atom. The zero-order chi connectivity index (χ0) is 68.3. The topological polar surface area (TPSA) is 108 Å². The van der Waals surface area contributed by atoms with E-state index in [9.17, 15) is 19.4 Å². The number of aliphatic hydroxyl groups is 1. The Balaban J connectivity index is 4.14. The number of phosphoric acid groups is 1. The number of nitrogens with one attached hydrogen (secondary N) is 1. The van der Waals surface area contributed by atoms with Gasteiger partial charge >= 0.3 is 0 Å². The summed E-state index contributed by atoms with van der Waals surface area (Å²) in [6, 6.07) is -0.925. The molecule has 0 heterocycles. The zero-order valence-electron chi connectivity index (χ0n) is 61.6. The number of hydrogen-bond donors (Lipinski definition) is 2. The first-order valence-electron chi connectivity index (χ1n) is 38.8. The molecular weight excluding hydrogens is 1180 g/mol. The van der Waals surface area contributed by atoms with E-state index in [1.807, 2.05) is 27.2 Å². The molecule has 0 aromatic carbocycles. The SMILES string of the molecule is CC/C=C\C/C=C\C/C=C\C/C=C\C/C=C\C/C=C\C/C=C\C/C=C\C/C=C\C/C=C\CCCCCCCCCCCCC(=O)NC(COP(=O)([O-])OCC[N+](C)(C)C)C(O)/C=C/CC/C=C/CC/C=C/CCCCCCCCCCCCCCCCCCCCCCC. The number of allylic oxidation sites excluding steroid dienone is 25. The van der Waals surface area contributed by atoms with Crippen LogP contribution in [0.3, 0.4) is 0 Å². The fourth-order valence-electron chi connectivity index (χ4n) is 10.7. The van der Waals surface area contributed by atoms with Crippen LogP contribution in [0.5, 0.6) is 0 Å².